The Hall–Kier alpha value is -2.74. The summed E-state index contributed by atoms with van der Waals surface area (Å²) >= 11 is 0. The SMILES string of the molecule is CCS(=O)(=O)N1CCCc2cc(NC(=O)Cc3ccc(OC)c(OC)c3)ccc21. The molecule has 0 saturated carbocycles. The predicted octanol–water partition coefficient (Wildman–Crippen LogP) is 2.99. The summed E-state index contributed by atoms with van der Waals surface area (Å²) in [5.74, 6) is 1.09. The molecule has 3 rings (SSSR count). The van der Waals surface area contributed by atoms with E-state index in [2.05, 4.69) is 5.32 Å². The molecule has 7 nitrogen and oxygen atoms in total. The van der Waals surface area contributed by atoms with Crippen LogP contribution in [0.5, 0.6) is 11.5 Å². The van der Waals surface area contributed by atoms with Crippen LogP contribution in [0.25, 0.3) is 0 Å². The number of anilines is 2. The van der Waals surface area contributed by atoms with E-state index in [1.54, 1.807) is 45.4 Å². The largest absolute Gasteiger partial charge is 0.493 e. The molecule has 1 N–H and O–H groups in total. The van der Waals surface area contributed by atoms with E-state index in [4.69, 9.17) is 9.47 Å². The maximum Gasteiger partial charge on any atom is 0.234 e. The average Bonchev–Trinajstić information content (AvgIpc) is 2.72. The quantitative estimate of drug-likeness (QED) is 0.747. The van der Waals surface area contributed by atoms with Gasteiger partial charge in [-0.25, -0.2) is 8.42 Å². The number of carbonyl (C=O) groups excluding carboxylic acids is 1. The van der Waals surface area contributed by atoms with Gasteiger partial charge in [0.05, 0.1) is 32.1 Å². The first-order valence-electron chi connectivity index (χ1n) is 9.52. The number of hydrogen-bond donors (Lipinski definition) is 1. The molecular formula is C21H26N2O5S. The van der Waals surface area contributed by atoms with Crippen LogP contribution in [-0.4, -0.2) is 40.8 Å². The van der Waals surface area contributed by atoms with Crippen molar-refractivity contribution in [3.8, 4) is 11.5 Å². The van der Waals surface area contributed by atoms with Crippen molar-refractivity contribution in [3.63, 3.8) is 0 Å². The minimum absolute atomic E-state index is 0.0657. The Labute approximate surface area is 171 Å². The number of aryl methyl sites for hydroxylation is 1. The van der Waals surface area contributed by atoms with Crippen molar-refractivity contribution in [1.82, 2.24) is 0 Å². The molecule has 0 fully saturated rings. The van der Waals surface area contributed by atoms with Crippen LogP contribution in [0.15, 0.2) is 36.4 Å². The van der Waals surface area contributed by atoms with Gasteiger partial charge in [-0.1, -0.05) is 6.07 Å². The van der Waals surface area contributed by atoms with E-state index in [-0.39, 0.29) is 18.1 Å². The van der Waals surface area contributed by atoms with Gasteiger partial charge in [-0.15, -0.1) is 0 Å². The first-order chi connectivity index (χ1) is 13.9. The van der Waals surface area contributed by atoms with Crippen LogP contribution in [-0.2, 0) is 27.7 Å². The minimum Gasteiger partial charge on any atom is -0.493 e. The van der Waals surface area contributed by atoms with E-state index in [0.717, 1.165) is 24.0 Å². The fourth-order valence-corrected chi connectivity index (χ4v) is 4.66. The number of amides is 1. The maximum atomic E-state index is 12.5. The van der Waals surface area contributed by atoms with E-state index >= 15 is 0 Å². The number of hydrogen-bond acceptors (Lipinski definition) is 5. The van der Waals surface area contributed by atoms with E-state index in [9.17, 15) is 13.2 Å². The molecule has 1 heterocycles. The van der Waals surface area contributed by atoms with E-state index in [1.165, 1.54) is 4.31 Å². The number of sulfonamides is 1. The molecule has 0 bridgehead atoms. The highest BCUT2D eigenvalue weighted by molar-refractivity contribution is 7.92. The zero-order chi connectivity index (χ0) is 21.0. The highest BCUT2D eigenvalue weighted by Crippen LogP contribution is 2.32. The van der Waals surface area contributed by atoms with Gasteiger partial charge in [-0.3, -0.25) is 9.10 Å². The first kappa shape index (κ1) is 21.0. The molecule has 0 spiro atoms. The standard InChI is InChI=1S/C21H26N2O5S/c1-4-29(25,26)23-11-5-6-16-14-17(8-9-18(16)23)22-21(24)13-15-7-10-19(27-2)20(12-15)28-3/h7-10,12,14H,4-6,11,13H2,1-3H3,(H,22,24). The van der Waals surface area contributed by atoms with Crippen molar-refractivity contribution in [3.05, 3.63) is 47.5 Å². The summed E-state index contributed by atoms with van der Waals surface area (Å²) in [4.78, 5) is 12.5. The molecule has 0 saturated heterocycles. The molecule has 2 aromatic carbocycles. The van der Waals surface area contributed by atoms with Crippen molar-refractivity contribution >= 4 is 27.3 Å². The molecule has 0 aromatic heterocycles. The normalized spacial score (nSPS) is 13.6. The highest BCUT2D eigenvalue weighted by atomic mass is 32.2. The smallest absolute Gasteiger partial charge is 0.234 e. The van der Waals surface area contributed by atoms with Gasteiger partial charge in [0.1, 0.15) is 0 Å². The van der Waals surface area contributed by atoms with Crippen molar-refractivity contribution in [2.24, 2.45) is 0 Å². The molecule has 1 amide bonds. The Morgan fingerprint density at radius 3 is 2.55 bits per heavy atom. The lowest BCUT2D eigenvalue weighted by Crippen LogP contribution is -2.36. The number of nitrogens with one attached hydrogen (secondary N) is 1. The summed E-state index contributed by atoms with van der Waals surface area (Å²) in [6.45, 7) is 2.14. The molecule has 156 valence electrons. The molecule has 0 unspecified atom stereocenters. The fraction of sp³-hybridized carbons (Fsp3) is 0.381. The topological polar surface area (TPSA) is 84.9 Å². The van der Waals surface area contributed by atoms with Gasteiger partial charge < -0.3 is 14.8 Å². The zero-order valence-corrected chi connectivity index (χ0v) is 17.7. The Balaban J connectivity index is 1.74. The van der Waals surface area contributed by atoms with E-state index < -0.39 is 10.0 Å². The van der Waals surface area contributed by atoms with Crippen molar-refractivity contribution < 1.29 is 22.7 Å². The average molecular weight is 419 g/mol. The number of fused-ring (bicyclic) bond motifs is 1. The second kappa shape index (κ2) is 8.73. The number of ether oxygens (including phenoxy) is 2. The lowest BCUT2D eigenvalue weighted by molar-refractivity contribution is -0.115. The van der Waals surface area contributed by atoms with Gasteiger partial charge in [0, 0.05) is 12.2 Å². The van der Waals surface area contributed by atoms with Gasteiger partial charge in [0.25, 0.3) is 0 Å². The zero-order valence-electron chi connectivity index (χ0n) is 16.9. The van der Waals surface area contributed by atoms with Gasteiger partial charge in [-0.05, 0) is 61.2 Å². The summed E-state index contributed by atoms with van der Waals surface area (Å²) in [6, 6.07) is 10.7. The monoisotopic (exact) mass is 418 g/mol. The van der Waals surface area contributed by atoms with Gasteiger partial charge in [0.2, 0.25) is 15.9 Å². The molecule has 0 atom stereocenters. The van der Waals surface area contributed by atoms with Crippen molar-refractivity contribution in [1.29, 1.82) is 0 Å². The number of rotatable bonds is 7. The van der Waals surface area contributed by atoms with E-state index in [0.29, 0.717) is 29.4 Å². The minimum atomic E-state index is -3.30. The third kappa shape index (κ3) is 4.64. The number of methoxy groups -OCH3 is 2. The first-order valence-corrected chi connectivity index (χ1v) is 11.1. The number of carbonyl (C=O) groups is 1. The Kier molecular flexibility index (Phi) is 6.32. The third-order valence-corrected chi connectivity index (χ3v) is 6.73. The van der Waals surface area contributed by atoms with Crippen LogP contribution in [0, 0.1) is 0 Å². The summed E-state index contributed by atoms with van der Waals surface area (Å²) in [6.07, 6.45) is 1.73. The van der Waals surface area contributed by atoms with Crippen LogP contribution in [0.4, 0.5) is 11.4 Å². The summed E-state index contributed by atoms with van der Waals surface area (Å²) in [5.41, 5.74) is 3.09. The molecule has 29 heavy (non-hydrogen) atoms. The second-order valence-corrected chi connectivity index (χ2v) is 9.02. The molecular weight excluding hydrogens is 392 g/mol. The Morgan fingerprint density at radius 1 is 1.10 bits per heavy atom. The maximum absolute atomic E-state index is 12.5. The molecule has 2 aromatic rings. The molecule has 0 aliphatic carbocycles. The summed E-state index contributed by atoms with van der Waals surface area (Å²) in [5, 5.41) is 2.90. The summed E-state index contributed by atoms with van der Waals surface area (Å²) < 4.78 is 36.6. The van der Waals surface area contributed by atoms with Crippen molar-refractivity contribution in [2.45, 2.75) is 26.2 Å². The van der Waals surface area contributed by atoms with Crippen LogP contribution in [0.2, 0.25) is 0 Å². The summed E-state index contributed by atoms with van der Waals surface area (Å²) in [7, 11) is -0.185. The van der Waals surface area contributed by atoms with Crippen molar-refractivity contribution in [2.75, 3.05) is 36.1 Å². The third-order valence-electron chi connectivity index (χ3n) is 4.95. The fourth-order valence-electron chi connectivity index (χ4n) is 3.47. The number of benzene rings is 2. The Morgan fingerprint density at radius 2 is 1.86 bits per heavy atom. The van der Waals surface area contributed by atoms with Gasteiger partial charge >= 0.3 is 0 Å². The predicted molar refractivity (Wildman–Crippen MR) is 113 cm³/mol. The molecule has 0 radical (unpaired) electrons. The lowest BCUT2D eigenvalue weighted by atomic mass is 10.0. The van der Waals surface area contributed by atoms with Gasteiger partial charge in [0.15, 0.2) is 11.5 Å². The molecule has 1 aliphatic rings. The van der Waals surface area contributed by atoms with Crippen LogP contribution in [0.1, 0.15) is 24.5 Å². The van der Waals surface area contributed by atoms with E-state index in [1.807, 2.05) is 12.1 Å². The molecule has 8 heteroatoms. The van der Waals surface area contributed by atoms with Crippen LogP contribution >= 0.6 is 0 Å². The highest BCUT2D eigenvalue weighted by Gasteiger charge is 2.26. The Bertz CT molecular complexity index is 1000. The van der Waals surface area contributed by atoms with Gasteiger partial charge in [-0.2, -0.15) is 0 Å². The van der Waals surface area contributed by atoms with Crippen LogP contribution < -0.4 is 19.1 Å². The number of nitrogens with zero attached hydrogens (tertiary/aromatic N) is 1. The second-order valence-electron chi connectivity index (χ2n) is 6.83. The van der Waals surface area contributed by atoms with Crippen LogP contribution in [0.3, 0.4) is 0 Å². The lowest BCUT2D eigenvalue weighted by Gasteiger charge is -2.30. The molecule has 1 aliphatic heterocycles.